The predicted molar refractivity (Wildman–Crippen MR) is 85.8 cm³/mol. The van der Waals surface area contributed by atoms with Gasteiger partial charge in [-0.25, -0.2) is 13.1 Å². The van der Waals surface area contributed by atoms with Crippen LogP contribution in [0.5, 0.6) is 0 Å². The maximum Gasteiger partial charge on any atom is 0.240 e. The van der Waals surface area contributed by atoms with Gasteiger partial charge in [-0.1, -0.05) is 13.8 Å². The van der Waals surface area contributed by atoms with Gasteiger partial charge < -0.3 is 10.6 Å². The Morgan fingerprint density at radius 2 is 1.90 bits per heavy atom. The molecule has 0 aromatic heterocycles. The number of nitrogens with zero attached hydrogens (tertiary/aromatic N) is 1. The summed E-state index contributed by atoms with van der Waals surface area (Å²) in [5.41, 5.74) is 7.46. The summed E-state index contributed by atoms with van der Waals surface area (Å²) in [6, 6.07) is 4.86. The minimum atomic E-state index is -3.44. The first-order valence-corrected chi connectivity index (χ1v) is 8.99. The third-order valence-electron chi connectivity index (χ3n) is 3.34. The summed E-state index contributed by atoms with van der Waals surface area (Å²) in [4.78, 5) is 2.43. The van der Waals surface area contributed by atoms with Crippen LogP contribution in [0.1, 0.15) is 13.8 Å². The Balaban J connectivity index is 2.38. The van der Waals surface area contributed by atoms with Gasteiger partial charge in [-0.15, -0.1) is 0 Å². The lowest BCUT2D eigenvalue weighted by Gasteiger charge is -2.37. The van der Waals surface area contributed by atoms with Crippen LogP contribution in [-0.4, -0.2) is 39.1 Å². The molecule has 1 aromatic rings. The van der Waals surface area contributed by atoms with Gasteiger partial charge in [0.25, 0.3) is 0 Å². The largest absolute Gasteiger partial charge is 0.397 e. The van der Waals surface area contributed by atoms with E-state index in [-0.39, 0.29) is 4.90 Å². The molecule has 3 N–H and O–H groups in total. The smallest absolute Gasteiger partial charge is 0.240 e. The quantitative estimate of drug-likeness (QED) is 0.827. The van der Waals surface area contributed by atoms with Crippen LogP contribution in [0, 0.1) is 0 Å². The minimum Gasteiger partial charge on any atom is -0.397 e. The number of hydrogen-bond acceptors (Lipinski definition) is 5. The molecule has 0 aliphatic carbocycles. The molecule has 0 radical (unpaired) electrons. The Hall–Kier alpha value is -0.920. The number of sulfonamides is 1. The zero-order chi connectivity index (χ0) is 14.9. The van der Waals surface area contributed by atoms with Crippen LogP contribution in [-0.2, 0) is 10.0 Å². The minimum absolute atomic E-state index is 0.253. The number of anilines is 2. The Kier molecular flexibility index (Phi) is 4.51. The molecule has 0 spiro atoms. The van der Waals surface area contributed by atoms with E-state index in [1.807, 2.05) is 11.8 Å². The van der Waals surface area contributed by atoms with Gasteiger partial charge >= 0.3 is 0 Å². The molecule has 1 aliphatic rings. The molecule has 7 heteroatoms. The first-order chi connectivity index (χ1) is 9.33. The van der Waals surface area contributed by atoms with Crippen molar-refractivity contribution in [3.8, 4) is 0 Å². The van der Waals surface area contributed by atoms with Gasteiger partial charge in [-0.3, -0.25) is 0 Å². The summed E-state index contributed by atoms with van der Waals surface area (Å²) in [6.45, 7) is 6.11. The Morgan fingerprint density at radius 1 is 1.30 bits per heavy atom. The first-order valence-electron chi connectivity index (χ1n) is 6.57. The normalized spacial score (nSPS) is 23.9. The lowest BCUT2D eigenvalue weighted by Crippen LogP contribution is -2.40. The van der Waals surface area contributed by atoms with Crippen LogP contribution in [0.2, 0.25) is 0 Å². The first kappa shape index (κ1) is 15.5. The van der Waals surface area contributed by atoms with Gasteiger partial charge in [0.15, 0.2) is 0 Å². The van der Waals surface area contributed by atoms with Crippen molar-refractivity contribution in [2.45, 2.75) is 29.2 Å². The maximum atomic E-state index is 11.9. The highest BCUT2D eigenvalue weighted by molar-refractivity contribution is 8.00. The summed E-state index contributed by atoms with van der Waals surface area (Å²) < 4.78 is 26.1. The molecule has 0 saturated carbocycles. The highest BCUT2D eigenvalue weighted by atomic mass is 32.2. The summed E-state index contributed by atoms with van der Waals surface area (Å²) >= 11 is 1.95. The molecular weight excluding hydrogens is 294 g/mol. The van der Waals surface area contributed by atoms with Gasteiger partial charge in [0, 0.05) is 23.6 Å². The lowest BCUT2D eigenvalue weighted by atomic mass is 10.2. The number of nitrogens with two attached hydrogens (primary N) is 1. The molecule has 0 amide bonds. The number of nitrogen functional groups attached to an aromatic ring is 1. The van der Waals surface area contributed by atoms with Crippen molar-refractivity contribution in [1.29, 1.82) is 0 Å². The molecular formula is C13H21N3O2S2. The SMILES string of the molecule is CNS(=O)(=O)c1ccc(N)c(N2CC(C)SC(C)C2)c1. The number of nitrogens with one attached hydrogen (secondary N) is 1. The maximum absolute atomic E-state index is 11.9. The Labute approximate surface area is 125 Å². The van der Waals surface area contributed by atoms with Crippen molar-refractivity contribution in [2.24, 2.45) is 0 Å². The highest BCUT2D eigenvalue weighted by Gasteiger charge is 2.24. The fraction of sp³-hybridized carbons (Fsp3) is 0.538. The molecule has 112 valence electrons. The standard InChI is InChI=1S/C13H21N3O2S2/c1-9-7-16(8-10(2)19-9)13-6-11(4-5-12(13)14)20(17,18)15-3/h4-6,9-10,15H,7-8,14H2,1-3H3. The van der Waals surface area contributed by atoms with Crippen molar-refractivity contribution >= 4 is 33.2 Å². The van der Waals surface area contributed by atoms with Gasteiger partial charge in [0.05, 0.1) is 16.3 Å². The van der Waals surface area contributed by atoms with Crippen LogP contribution >= 0.6 is 11.8 Å². The van der Waals surface area contributed by atoms with Crippen molar-refractivity contribution < 1.29 is 8.42 Å². The summed E-state index contributed by atoms with van der Waals surface area (Å²) in [7, 11) is -2.03. The van der Waals surface area contributed by atoms with Crippen molar-refractivity contribution in [3.05, 3.63) is 18.2 Å². The summed E-state index contributed by atoms with van der Waals surface area (Å²) in [6.07, 6.45) is 0. The van der Waals surface area contributed by atoms with Crippen LogP contribution in [0.25, 0.3) is 0 Å². The molecule has 1 aromatic carbocycles. The van der Waals surface area contributed by atoms with E-state index < -0.39 is 10.0 Å². The van der Waals surface area contributed by atoms with E-state index in [9.17, 15) is 8.42 Å². The number of rotatable bonds is 3. The van der Waals surface area contributed by atoms with E-state index in [0.717, 1.165) is 18.8 Å². The monoisotopic (exact) mass is 315 g/mol. The van der Waals surface area contributed by atoms with Gasteiger partial charge in [0.1, 0.15) is 0 Å². The fourth-order valence-electron chi connectivity index (χ4n) is 2.46. The zero-order valence-electron chi connectivity index (χ0n) is 12.0. The number of benzene rings is 1. The number of thioether (sulfide) groups is 1. The van der Waals surface area contributed by atoms with Crippen molar-refractivity contribution in [3.63, 3.8) is 0 Å². The summed E-state index contributed by atoms with van der Waals surface area (Å²) in [5, 5.41) is 1.01. The van der Waals surface area contributed by atoms with E-state index in [2.05, 4.69) is 23.5 Å². The molecule has 1 heterocycles. The second kappa shape index (κ2) is 5.83. The van der Waals surface area contributed by atoms with E-state index in [0.29, 0.717) is 16.2 Å². The van der Waals surface area contributed by atoms with E-state index >= 15 is 0 Å². The van der Waals surface area contributed by atoms with E-state index in [4.69, 9.17) is 5.73 Å². The molecule has 20 heavy (non-hydrogen) atoms. The second-order valence-electron chi connectivity index (χ2n) is 5.09. The molecule has 0 bridgehead atoms. The average Bonchev–Trinajstić information content (AvgIpc) is 2.37. The van der Waals surface area contributed by atoms with Gasteiger partial charge in [0.2, 0.25) is 10.0 Å². The van der Waals surface area contributed by atoms with Crippen LogP contribution in [0.15, 0.2) is 23.1 Å². The van der Waals surface area contributed by atoms with E-state index in [1.165, 1.54) is 13.1 Å². The Bertz CT molecular complexity index is 579. The van der Waals surface area contributed by atoms with Gasteiger partial charge in [-0.05, 0) is 25.2 Å². The third-order valence-corrected chi connectivity index (χ3v) is 5.98. The number of hydrogen-bond donors (Lipinski definition) is 2. The molecule has 2 rings (SSSR count). The van der Waals surface area contributed by atoms with Crippen molar-refractivity contribution in [2.75, 3.05) is 30.8 Å². The van der Waals surface area contributed by atoms with E-state index in [1.54, 1.807) is 12.1 Å². The molecule has 5 nitrogen and oxygen atoms in total. The highest BCUT2D eigenvalue weighted by Crippen LogP contribution is 2.33. The fourth-order valence-corrected chi connectivity index (χ4v) is 4.53. The van der Waals surface area contributed by atoms with Crippen molar-refractivity contribution in [1.82, 2.24) is 4.72 Å². The third kappa shape index (κ3) is 3.21. The molecule has 1 saturated heterocycles. The van der Waals surface area contributed by atoms with Crippen LogP contribution in [0.4, 0.5) is 11.4 Å². The van der Waals surface area contributed by atoms with Gasteiger partial charge in [-0.2, -0.15) is 11.8 Å². The second-order valence-corrected chi connectivity index (χ2v) is 8.86. The molecule has 1 aliphatic heterocycles. The Morgan fingerprint density at radius 3 is 2.45 bits per heavy atom. The summed E-state index contributed by atoms with van der Waals surface area (Å²) in [5.74, 6) is 0. The zero-order valence-corrected chi connectivity index (χ0v) is 13.6. The molecule has 2 unspecified atom stereocenters. The molecule has 2 atom stereocenters. The predicted octanol–water partition coefficient (Wildman–Crippen LogP) is 1.51. The lowest BCUT2D eigenvalue weighted by molar-refractivity contribution is 0.588. The topological polar surface area (TPSA) is 75.4 Å². The van der Waals surface area contributed by atoms with Crippen LogP contribution in [0.3, 0.4) is 0 Å². The average molecular weight is 315 g/mol. The van der Waals surface area contributed by atoms with Crippen LogP contribution < -0.4 is 15.4 Å². The molecule has 1 fully saturated rings.